The maximum Gasteiger partial charge on any atom is 0.225 e. The molecule has 2 fully saturated rings. The van der Waals surface area contributed by atoms with Gasteiger partial charge in [-0.3, -0.25) is 9.59 Å². The first-order valence-electron chi connectivity index (χ1n) is 9.26. The minimum absolute atomic E-state index is 0.0411. The molecule has 3 rings (SSSR count). The van der Waals surface area contributed by atoms with Gasteiger partial charge in [0, 0.05) is 25.0 Å². The second-order valence-electron chi connectivity index (χ2n) is 7.33. The lowest BCUT2D eigenvalue weighted by atomic mass is 9.96. The van der Waals surface area contributed by atoms with Crippen LogP contribution in [-0.2, 0) is 16.0 Å². The van der Waals surface area contributed by atoms with Crippen LogP contribution in [-0.4, -0.2) is 35.8 Å². The third-order valence-corrected chi connectivity index (χ3v) is 5.13. The Morgan fingerprint density at radius 3 is 2.62 bits per heavy atom. The maximum atomic E-state index is 12.5. The number of carbonyl (C=O) groups is 2. The molecule has 1 aliphatic carbocycles. The first kappa shape index (κ1) is 17.0. The summed E-state index contributed by atoms with van der Waals surface area (Å²) in [6, 6.07) is 10.5. The van der Waals surface area contributed by atoms with Crippen LogP contribution in [0.5, 0.6) is 0 Å². The van der Waals surface area contributed by atoms with Crippen LogP contribution in [0.1, 0.15) is 44.6 Å². The highest BCUT2D eigenvalue weighted by Crippen LogP contribution is 2.32. The van der Waals surface area contributed by atoms with Crippen LogP contribution >= 0.6 is 0 Å². The molecule has 4 heteroatoms. The predicted octanol–water partition coefficient (Wildman–Crippen LogP) is 2.77. The van der Waals surface area contributed by atoms with Gasteiger partial charge in [0.05, 0.1) is 5.92 Å². The Kier molecular flexibility index (Phi) is 5.54. The average molecular weight is 328 g/mol. The van der Waals surface area contributed by atoms with Gasteiger partial charge in [-0.15, -0.1) is 0 Å². The van der Waals surface area contributed by atoms with Gasteiger partial charge in [0.15, 0.2) is 0 Å². The quantitative estimate of drug-likeness (QED) is 0.873. The molecule has 1 aromatic rings. The number of aryl methyl sites for hydroxylation is 1. The molecule has 2 aliphatic rings. The van der Waals surface area contributed by atoms with Crippen molar-refractivity contribution in [2.75, 3.05) is 13.1 Å². The number of piperidine rings is 1. The van der Waals surface area contributed by atoms with Gasteiger partial charge < -0.3 is 10.2 Å². The Morgan fingerprint density at radius 2 is 1.92 bits per heavy atom. The second-order valence-corrected chi connectivity index (χ2v) is 7.33. The van der Waals surface area contributed by atoms with Crippen molar-refractivity contribution in [3.63, 3.8) is 0 Å². The molecule has 1 saturated carbocycles. The Labute approximate surface area is 144 Å². The minimum Gasteiger partial charge on any atom is -0.353 e. The number of amides is 2. The summed E-state index contributed by atoms with van der Waals surface area (Å²) in [4.78, 5) is 26.6. The highest BCUT2D eigenvalue weighted by Gasteiger charge is 2.36. The lowest BCUT2D eigenvalue weighted by molar-refractivity contribution is -0.137. The summed E-state index contributed by atoms with van der Waals surface area (Å²) < 4.78 is 0. The van der Waals surface area contributed by atoms with E-state index in [1.165, 1.54) is 5.56 Å². The molecule has 2 amide bonds. The molecule has 0 radical (unpaired) electrons. The van der Waals surface area contributed by atoms with Gasteiger partial charge in [0.25, 0.3) is 0 Å². The van der Waals surface area contributed by atoms with E-state index in [9.17, 15) is 9.59 Å². The Hall–Kier alpha value is -1.84. The molecule has 1 aliphatic heterocycles. The molecular weight excluding hydrogens is 300 g/mol. The van der Waals surface area contributed by atoms with E-state index < -0.39 is 0 Å². The molecule has 1 heterocycles. The third kappa shape index (κ3) is 4.59. The fourth-order valence-electron chi connectivity index (χ4n) is 3.44. The van der Waals surface area contributed by atoms with Gasteiger partial charge in [-0.05, 0) is 51.0 Å². The molecule has 1 N–H and O–H groups in total. The molecule has 0 aromatic heterocycles. The molecule has 24 heavy (non-hydrogen) atoms. The normalized spacial score (nSPS) is 22.0. The number of nitrogens with zero attached hydrogens (tertiary/aromatic N) is 1. The smallest absolute Gasteiger partial charge is 0.225 e. The zero-order valence-electron chi connectivity index (χ0n) is 14.5. The van der Waals surface area contributed by atoms with Crippen molar-refractivity contribution in [1.82, 2.24) is 10.2 Å². The van der Waals surface area contributed by atoms with E-state index in [0.717, 1.165) is 45.1 Å². The van der Waals surface area contributed by atoms with Crippen molar-refractivity contribution in [3.8, 4) is 0 Å². The highest BCUT2D eigenvalue weighted by atomic mass is 16.2. The summed E-state index contributed by atoms with van der Waals surface area (Å²) >= 11 is 0. The van der Waals surface area contributed by atoms with Crippen LogP contribution in [0.15, 0.2) is 30.3 Å². The molecule has 1 saturated heterocycles. The first-order chi connectivity index (χ1) is 11.6. The monoisotopic (exact) mass is 328 g/mol. The molecule has 1 aromatic carbocycles. The van der Waals surface area contributed by atoms with Crippen LogP contribution in [0.25, 0.3) is 0 Å². The van der Waals surface area contributed by atoms with E-state index in [1.807, 2.05) is 23.1 Å². The van der Waals surface area contributed by atoms with Crippen LogP contribution in [0.2, 0.25) is 0 Å². The van der Waals surface area contributed by atoms with Crippen LogP contribution < -0.4 is 5.32 Å². The Bertz CT molecular complexity index is 568. The second kappa shape index (κ2) is 7.82. The number of hydrogen-bond donors (Lipinski definition) is 1. The van der Waals surface area contributed by atoms with Crippen LogP contribution in [0.3, 0.4) is 0 Å². The van der Waals surface area contributed by atoms with Gasteiger partial charge in [0.1, 0.15) is 0 Å². The number of benzene rings is 1. The third-order valence-electron chi connectivity index (χ3n) is 5.13. The summed E-state index contributed by atoms with van der Waals surface area (Å²) in [5.41, 5.74) is 1.30. The van der Waals surface area contributed by atoms with E-state index >= 15 is 0 Å². The largest absolute Gasteiger partial charge is 0.353 e. The standard InChI is InChI=1S/C20H28N2O2/c1-15(9-10-16-6-3-2-4-7-16)21-19(23)18-8-5-13-22(14-18)20(24)17-11-12-17/h2-4,6-7,15,17-18H,5,8-14H2,1H3,(H,21,23)/t15-,18-/m0/s1. The molecule has 0 bridgehead atoms. The minimum atomic E-state index is -0.0411. The Balaban J connectivity index is 1.44. The van der Waals surface area contributed by atoms with Crippen molar-refractivity contribution in [3.05, 3.63) is 35.9 Å². The fraction of sp³-hybridized carbons (Fsp3) is 0.600. The molecule has 0 unspecified atom stereocenters. The van der Waals surface area contributed by atoms with Gasteiger partial charge in [-0.2, -0.15) is 0 Å². The average Bonchev–Trinajstić information content (AvgIpc) is 3.45. The summed E-state index contributed by atoms with van der Waals surface area (Å²) in [6.07, 6.45) is 5.80. The summed E-state index contributed by atoms with van der Waals surface area (Å²) in [5.74, 6) is 0.589. The van der Waals surface area contributed by atoms with Gasteiger partial charge in [-0.1, -0.05) is 30.3 Å². The number of likely N-dealkylation sites (tertiary alicyclic amines) is 1. The fourth-order valence-corrected chi connectivity index (χ4v) is 3.44. The van der Waals surface area contributed by atoms with Gasteiger partial charge >= 0.3 is 0 Å². The van der Waals surface area contributed by atoms with Crippen LogP contribution in [0, 0.1) is 11.8 Å². The first-order valence-corrected chi connectivity index (χ1v) is 9.26. The van der Waals surface area contributed by atoms with E-state index in [1.54, 1.807) is 0 Å². The molecule has 4 nitrogen and oxygen atoms in total. The molecular formula is C20H28N2O2. The van der Waals surface area contributed by atoms with E-state index in [0.29, 0.717) is 6.54 Å². The number of nitrogens with one attached hydrogen (secondary N) is 1. The lowest BCUT2D eigenvalue weighted by Crippen LogP contribution is -2.47. The molecule has 130 valence electrons. The van der Waals surface area contributed by atoms with Gasteiger partial charge in [-0.25, -0.2) is 0 Å². The van der Waals surface area contributed by atoms with E-state index in [-0.39, 0.29) is 29.7 Å². The number of rotatable bonds is 6. The summed E-state index contributed by atoms with van der Waals surface area (Å²) in [5, 5.41) is 3.15. The van der Waals surface area contributed by atoms with Crippen molar-refractivity contribution in [2.24, 2.45) is 11.8 Å². The maximum absolute atomic E-state index is 12.5. The zero-order chi connectivity index (χ0) is 16.9. The molecule has 0 spiro atoms. The number of carbonyl (C=O) groups excluding carboxylic acids is 2. The van der Waals surface area contributed by atoms with Crippen LogP contribution in [0.4, 0.5) is 0 Å². The Morgan fingerprint density at radius 1 is 1.17 bits per heavy atom. The van der Waals surface area contributed by atoms with E-state index in [2.05, 4.69) is 24.4 Å². The van der Waals surface area contributed by atoms with Gasteiger partial charge in [0.2, 0.25) is 11.8 Å². The SMILES string of the molecule is C[C@@H](CCc1ccccc1)NC(=O)[C@H]1CCCN(C(=O)C2CC2)C1. The van der Waals surface area contributed by atoms with Crippen molar-refractivity contribution < 1.29 is 9.59 Å². The van der Waals surface area contributed by atoms with Crippen molar-refractivity contribution in [2.45, 2.75) is 51.5 Å². The summed E-state index contributed by atoms with van der Waals surface area (Å²) in [6.45, 7) is 3.49. The summed E-state index contributed by atoms with van der Waals surface area (Å²) in [7, 11) is 0. The lowest BCUT2D eigenvalue weighted by Gasteiger charge is -2.32. The zero-order valence-corrected chi connectivity index (χ0v) is 14.5. The molecule has 2 atom stereocenters. The predicted molar refractivity (Wildman–Crippen MR) is 94.4 cm³/mol. The van der Waals surface area contributed by atoms with Crippen molar-refractivity contribution >= 4 is 11.8 Å². The highest BCUT2D eigenvalue weighted by molar-refractivity contribution is 5.83. The topological polar surface area (TPSA) is 49.4 Å². The van der Waals surface area contributed by atoms with Crippen molar-refractivity contribution in [1.29, 1.82) is 0 Å². The number of hydrogen-bond acceptors (Lipinski definition) is 2. The van der Waals surface area contributed by atoms with E-state index in [4.69, 9.17) is 0 Å².